The second-order valence-electron chi connectivity index (χ2n) is 15.9. The van der Waals surface area contributed by atoms with E-state index in [-0.39, 0.29) is 22.2 Å². The van der Waals surface area contributed by atoms with Gasteiger partial charge < -0.3 is 10.6 Å². The number of unbranched alkanes of at least 4 members (excludes halogenated alkanes) is 1. The Balaban J connectivity index is 1.66. The van der Waals surface area contributed by atoms with Crippen LogP contribution in [0.1, 0.15) is 158 Å². The monoisotopic (exact) mass is 563 g/mol. The van der Waals surface area contributed by atoms with E-state index in [1.807, 2.05) is 0 Å². The van der Waals surface area contributed by atoms with Crippen molar-refractivity contribution >= 4 is 0 Å². The molecule has 6 heteroatoms. The van der Waals surface area contributed by atoms with E-state index in [0.717, 1.165) is 38.6 Å². The molecule has 4 unspecified atom stereocenters. The van der Waals surface area contributed by atoms with E-state index in [0.29, 0.717) is 24.3 Å². The number of piperidine rings is 2. The summed E-state index contributed by atoms with van der Waals surface area (Å²) >= 11 is 0. The zero-order valence-electron chi connectivity index (χ0n) is 27.7. The molecule has 234 valence electrons. The lowest BCUT2D eigenvalue weighted by atomic mass is 9.68. The Morgan fingerprint density at radius 2 is 1.10 bits per heavy atom. The highest BCUT2D eigenvalue weighted by atomic mass is 16.7. The van der Waals surface area contributed by atoms with E-state index < -0.39 is 0 Å². The zero-order valence-corrected chi connectivity index (χ0v) is 27.7. The van der Waals surface area contributed by atoms with Crippen molar-refractivity contribution in [3.8, 4) is 0 Å². The highest BCUT2D eigenvalue weighted by Gasteiger charge is 2.57. The summed E-state index contributed by atoms with van der Waals surface area (Å²) in [6.45, 7) is 18.1. The minimum Gasteiger partial charge on any atom is -0.317 e. The molecule has 4 atom stereocenters. The van der Waals surface area contributed by atoms with Crippen LogP contribution in [0.4, 0.5) is 0 Å². The van der Waals surface area contributed by atoms with Crippen LogP contribution in [0.15, 0.2) is 0 Å². The molecule has 2 saturated carbocycles. The van der Waals surface area contributed by atoms with Crippen LogP contribution in [-0.2, 0) is 9.68 Å². The molecule has 0 radical (unpaired) electrons. The standard InChI is InChI=1S/C34H66N4O2/c1-9-10-21-36-28-23-32(4,5)38(40-30-19-15-12-16-20-30)34(7,25-28)26-33(6)24-27(35-8)22-31(2,3)37(33)39-29-17-13-11-14-18-29/h27-30,35-36H,9-26H2,1-8H3. The van der Waals surface area contributed by atoms with Crippen molar-refractivity contribution in [3.63, 3.8) is 0 Å². The maximum absolute atomic E-state index is 7.14. The third-order valence-electron chi connectivity index (χ3n) is 10.7. The van der Waals surface area contributed by atoms with E-state index in [1.54, 1.807) is 0 Å². The lowest BCUT2D eigenvalue weighted by Gasteiger charge is -2.62. The molecule has 0 amide bonds. The zero-order chi connectivity index (χ0) is 29.0. The number of hydrogen-bond donors (Lipinski definition) is 2. The van der Waals surface area contributed by atoms with Crippen LogP contribution in [0.3, 0.4) is 0 Å². The smallest absolute Gasteiger partial charge is 0.0793 e. The van der Waals surface area contributed by atoms with Crippen molar-refractivity contribution in [1.82, 2.24) is 20.8 Å². The first-order chi connectivity index (χ1) is 18.9. The predicted molar refractivity (Wildman–Crippen MR) is 167 cm³/mol. The van der Waals surface area contributed by atoms with Crippen molar-refractivity contribution in [2.45, 2.75) is 204 Å². The summed E-state index contributed by atoms with van der Waals surface area (Å²) in [4.78, 5) is 14.3. The van der Waals surface area contributed by atoms with Gasteiger partial charge in [0.25, 0.3) is 0 Å². The van der Waals surface area contributed by atoms with Gasteiger partial charge in [-0.05, 0) is 119 Å². The van der Waals surface area contributed by atoms with Gasteiger partial charge in [0.15, 0.2) is 0 Å². The normalized spacial score (nSPS) is 36.6. The van der Waals surface area contributed by atoms with Crippen LogP contribution >= 0.6 is 0 Å². The lowest BCUT2D eigenvalue weighted by molar-refractivity contribution is -0.346. The Labute approximate surface area is 248 Å². The molecule has 0 aromatic carbocycles. The van der Waals surface area contributed by atoms with Crippen molar-refractivity contribution in [1.29, 1.82) is 0 Å². The molecule has 2 aliphatic carbocycles. The van der Waals surface area contributed by atoms with Gasteiger partial charge in [-0.1, -0.05) is 51.9 Å². The summed E-state index contributed by atoms with van der Waals surface area (Å²) in [6, 6.07) is 0.989. The van der Waals surface area contributed by atoms with E-state index in [4.69, 9.17) is 9.68 Å². The van der Waals surface area contributed by atoms with Crippen LogP contribution in [-0.4, -0.2) is 70.2 Å². The van der Waals surface area contributed by atoms with E-state index in [2.05, 4.69) is 76.3 Å². The largest absolute Gasteiger partial charge is 0.317 e. The number of nitrogens with one attached hydrogen (secondary N) is 2. The van der Waals surface area contributed by atoms with Crippen LogP contribution in [0.5, 0.6) is 0 Å². The summed E-state index contributed by atoms with van der Waals surface area (Å²) in [5.74, 6) is 0. The average molecular weight is 563 g/mol. The van der Waals surface area contributed by atoms with Gasteiger partial charge in [0.2, 0.25) is 0 Å². The molecule has 2 heterocycles. The van der Waals surface area contributed by atoms with Gasteiger partial charge in [-0.25, -0.2) is 0 Å². The van der Waals surface area contributed by atoms with Gasteiger partial charge in [-0.2, -0.15) is 10.1 Å². The molecule has 4 fully saturated rings. The first-order valence-electron chi connectivity index (χ1n) is 17.3. The number of hydrogen-bond acceptors (Lipinski definition) is 6. The minimum absolute atomic E-state index is 0.0352. The lowest BCUT2D eigenvalue weighted by Crippen LogP contribution is -2.71. The summed E-state index contributed by atoms with van der Waals surface area (Å²) in [5, 5.41) is 12.7. The van der Waals surface area contributed by atoms with Crippen LogP contribution in [0, 0.1) is 0 Å². The molecule has 6 nitrogen and oxygen atoms in total. The Hall–Kier alpha value is -0.240. The fraction of sp³-hybridized carbons (Fsp3) is 1.00. The SMILES string of the molecule is CCCCNC1CC(C)(C)N(OC2CCCCC2)C(C)(CC2(C)CC(NC)CC(C)(C)N2OC2CCCCC2)C1. The first kappa shape index (κ1) is 32.7. The van der Waals surface area contributed by atoms with Crippen molar-refractivity contribution in [2.75, 3.05) is 13.6 Å². The number of hydroxylamine groups is 4. The summed E-state index contributed by atoms with van der Waals surface area (Å²) < 4.78 is 0. The van der Waals surface area contributed by atoms with E-state index >= 15 is 0 Å². The Kier molecular flexibility index (Phi) is 11.1. The molecular weight excluding hydrogens is 496 g/mol. The van der Waals surface area contributed by atoms with Gasteiger partial charge in [-0.3, -0.25) is 9.68 Å². The fourth-order valence-corrected chi connectivity index (χ4v) is 9.32. The van der Waals surface area contributed by atoms with Gasteiger partial charge in [-0.15, -0.1) is 0 Å². The van der Waals surface area contributed by atoms with Crippen LogP contribution < -0.4 is 10.6 Å². The van der Waals surface area contributed by atoms with Gasteiger partial charge in [0.1, 0.15) is 0 Å². The van der Waals surface area contributed by atoms with Gasteiger partial charge in [0.05, 0.1) is 12.2 Å². The fourth-order valence-electron chi connectivity index (χ4n) is 9.32. The number of rotatable bonds is 11. The molecule has 2 saturated heterocycles. The van der Waals surface area contributed by atoms with Crippen molar-refractivity contribution in [3.05, 3.63) is 0 Å². The predicted octanol–water partition coefficient (Wildman–Crippen LogP) is 7.52. The van der Waals surface area contributed by atoms with E-state index in [9.17, 15) is 0 Å². The van der Waals surface area contributed by atoms with Crippen LogP contribution in [0.2, 0.25) is 0 Å². The Morgan fingerprint density at radius 3 is 1.55 bits per heavy atom. The van der Waals surface area contributed by atoms with Gasteiger partial charge in [0, 0.05) is 34.2 Å². The molecule has 2 N–H and O–H groups in total. The molecule has 0 aromatic heterocycles. The van der Waals surface area contributed by atoms with Crippen molar-refractivity contribution in [2.24, 2.45) is 0 Å². The average Bonchev–Trinajstić information content (AvgIpc) is 2.89. The van der Waals surface area contributed by atoms with Gasteiger partial charge >= 0.3 is 0 Å². The van der Waals surface area contributed by atoms with Crippen molar-refractivity contribution < 1.29 is 9.68 Å². The Bertz CT molecular complexity index is 778. The third kappa shape index (κ3) is 7.82. The maximum Gasteiger partial charge on any atom is 0.0793 e. The maximum atomic E-state index is 7.14. The quantitative estimate of drug-likeness (QED) is 0.254. The molecule has 4 rings (SSSR count). The third-order valence-corrected chi connectivity index (χ3v) is 10.7. The van der Waals surface area contributed by atoms with E-state index in [1.165, 1.54) is 77.0 Å². The highest BCUT2D eigenvalue weighted by Crippen LogP contribution is 2.50. The molecular formula is C34H66N4O2. The topological polar surface area (TPSA) is 49.0 Å². The minimum atomic E-state index is -0.100. The first-order valence-corrected chi connectivity index (χ1v) is 17.3. The van der Waals surface area contributed by atoms with Crippen LogP contribution in [0.25, 0.3) is 0 Å². The summed E-state index contributed by atoms with van der Waals surface area (Å²) in [7, 11) is 2.15. The number of nitrogens with zero attached hydrogens (tertiary/aromatic N) is 2. The Morgan fingerprint density at radius 1 is 0.650 bits per heavy atom. The molecule has 0 aromatic rings. The molecule has 40 heavy (non-hydrogen) atoms. The summed E-state index contributed by atoms with van der Waals surface area (Å²) in [6.07, 6.45) is 21.4. The molecule has 0 bridgehead atoms. The highest BCUT2D eigenvalue weighted by molar-refractivity contribution is 5.09. The second-order valence-corrected chi connectivity index (χ2v) is 15.9. The summed E-state index contributed by atoms with van der Waals surface area (Å²) in [5.41, 5.74) is -0.270. The molecule has 4 aliphatic rings. The molecule has 2 aliphatic heterocycles. The molecule has 0 spiro atoms. The second kappa shape index (κ2) is 13.6.